The third-order valence-electron chi connectivity index (χ3n) is 0.287. The molecule has 0 aliphatic heterocycles. The average molecular weight is 261 g/mol. The van der Waals surface area contributed by atoms with Gasteiger partial charge in [-0.15, -0.1) is 0 Å². The zero-order valence-electron chi connectivity index (χ0n) is 5.60. The number of esters is 2. The summed E-state index contributed by atoms with van der Waals surface area (Å²) in [6.45, 7) is 5.49. The summed E-state index contributed by atoms with van der Waals surface area (Å²) in [5.74, 6) is -1.12. The van der Waals surface area contributed by atoms with Crippen molar-refractivity contribution in [3.63, 3.8) is 0 Å². The Bertz CT molecular complexity index is 94.7. The molecule has 0 heterocycles. The van der Waals surface area contributed by atoms with Gasteiger partial charge in [-0.05, 0) is 0 Å². The Morgan fingerprint density at radius 2 is 1.40 bits per heavy atom. The molecular formula is C4H7BrK2O3. The number of hydrogen-bond donors (Lipinski definition) is 0. The van der Waals surface area contributed by atoms with Crippen LogP contribution in [0.2, 0.25) is 0 Å². The molecular weight excluding hydrogens is 254 g/mol. The molecule has 0 aliphatic rings. The first kappa shape index (κ1) is 18.6. The molecule has 50 valence electrons. The van der Waals surface area contributed by atoms with Gasteiger partial charge < -0.3 is 4.74 Å². The Hall–Kier alpha value is 2.89. The molecule has 0 spiro atoms. The van der Waals surface area contributed by atoms with Crippen molar-refractivity contribution >= 4 is 115 Å². The van der Waals surface area contributed by atoms with Gasteiger partial charge in [0.25, 0.3) is 0 Å². The van der Waals surface area contributed by atoms with Crippen LogP contribution in [0.5, 0.6) is 0 Å². The first-order valence-electron chi connectivity index (χ1n) is 2.19. The van der Waals surface area contributed by atoms with E-state index in [1.807, 2.05) is 0 Å². The SMILES string of the molecule is CC(=O)OC(C)=O.[KH].[K][Br]. The van der Waals surface area contributed by atoms with E-state index in [1.165, 1.54) is 13.8 Å². The van der Waals surface area contributed by atoms with Gasteiger partial charge in [0.2, 0.25) is 0 Å². The maximum atomic E-state index is 9.81. The van der Waals surface area contributed by atoms with Crippen molar-refractivity contribution in [2.75, 3.05) is 0 Å². The van der Waals surface area contributed by atoms with Crippen LogP contribution in [0, 0.1) is 0 Å². The van der Waals surface area contributed by atoms with E-state index in [-0.39, 0.29) is 51.4 Å². The summed E-state index contributed by atoms with van der Waals surface area (Å²) >= 11 is 0.875. The molecule has 0 aliphatic carbocycles. The minimum atomic E-state index is -0.562. The van der Waals surface area contributed by atoms with Crippen molar-refractivity contribution in [2.24, 2.45) is 0 Å². The second-order valence-corrected chi connectivity index (χ2v) is 1.09. The molecule has 6 heteroatoms. The third-order valence-corrected chi connectivity index (χ3v) is 0.287. The van der Waals surface area contributed by atoms with E-state index in [0.717, 1.165) is 45.4 Å². The number of halogens is 1. The van der Waals surface area contributed by atoms with Gasteiger partial charge in [0.1, 0.15) is 0 Å². The molecule has 0 atom stereocenters. The number of carbonyl (C=O) groups is 2. The molecule has 0 saturated carbocycles. The van der Waals surface area contributed by atoms with Gasteiger partial charge in [-0.1, -0.05) is 0 Å². The van der Waals surface area contributed by atoms with Crippen LogP contribution in [0.15, 0.2) is 0 Å². The molecule has 0 N–H and O–H groups in total. The molecule has 0 radical (unpaired) electrons. The minimum absolute atomic E-state index is 0. The van der Waals surface area contributed by atoms with Gasteiger partial charge in [-0.3, -0.25) is 9.59 Å². The number of rotatable bonds is 0. The quantitative estimate of drug-likeness (QED) is 0.348. The fourth-order valence-electron chi connectivity index (χ4n) is 0.202. The van der Waals surface area contributed by atoms with Crippen LogP contribution >= 0.6 is 6.60 Å². The molecule has 0 fully saturated rings. The molecule has 0 unspecified atom stereocenters. The second-order valence-electron chi connectivity index (χ2n) is 1.09. The summed E-state index contributed by atoms with van der Waals surface area (Å²) in [4.78, 5) is 19.6. The summed E-state index contributed by atoms with van der Waals surface area (Å²) in [6.07, 6.45) is 0. The zero-order valence-corrected chi connectivity index (χ0v) is 10.3. The Morgan fingerprint density at radius 3 is 1.40 bits per heavy atom. The molecule has 0 bridgehead atoms. The van der Waals surface area contributed by atoms with Gasteiger partial charge >= 0.3 is 115 Å². The van der Waals surface area contributed by atoms with E-state index >= 15 is 0 Å². The van der Waals surface area contributed by atoms with Gasteiger partial charge in [0.15, 0.2) is 0 Å². The fourth-order valence-corrected chi connectivity index (χ4v) is 0.202. The molecule has 0 aromatic rings. The molecule has 0 amide bonds. The predicted molar refractivity (Wildman–Crippen MR) is 44.3 cm³/mol. The van der Waals surface area contributed by atoms with E-state index in [4.69, 9.17) is 0 Å². The van der Waals surface area contributed by atoms with Gasteiger partial charge in [0.05, 0.1) is 0 Å². The molecule has 0 aromatic carbocycles. The van der Waals surface area contributed by atoms with Crippen LogP contribution in [0.3, 0.4) is 0 Å². The van der Waals surface area contributed by atoms with E-state index in [2.05, 4.69) is 11.3 Å². The van der Waals surface area contributed by atoms with Gasteiger partial charge in [-0.25, -0.2) is 0 Å². The first-order valence-corrected chi connectivity index (χ1v) is 9.91. The zero-order chi connectivity index (χ0) is 7.86. The fraction of sp³-hybridized carbons (Fsp3) is 0.500. The number of hydrogen-bond acceptors (Lipinski definition) is 3. The van der Waals surface area contributed by atoms with E-state index < -0.39 is 11.9 Å². The van der Waals surface area contributed by atoms with E-state index in [9.17, 15) is 9.59 Å². The summed E-state index contributed by atoms with van der Waals surface area (Å²) in [5.41, 5.74) is 0. The Kier molecular flexibility index (Phi) is 26.9. The Morgan fingerprint density at radius 1 is 1.20 bits per heavy atom. The topological polar surface area (TPSA) is 43.4 Å². The van der Waals surface area contributed by atoms with Crippen molar-refractivity contribution in [1.82, 2.24) is 0 Å². The van der Waals surface area contributed by atoms with Crippen molar-refractivity contribution < 1.29 is 14.3 Å². The standard InChI is InChI=1S/C4H6O3.BrH.2K.H/c1-3(5)7-4(2)6;;;;/h1-2H3;1H;;;/q;;;+1;/p-1. The summed E-state index contributed by atoms with van der Waals surface area (Å²) in [6, 6.07) is 0. The average Bonchev–Trinajstić information content (AvgIpc) is 1.68. The summed E-state index contributed by atoms with van der Waals surface area (Å²) in [7, 11) is 0. The monoisotopic (exact) mass is 260 g/mol. The van der Waals surface area contributed by atoms with Gasteiger partial charge in [0, 0.05) is 13.8 Å². The predicted octanol–water partition coefficient (Wildman–Crippen LogP) is -0.0877. The van der Waals surface area contributed by atoms with Crippen molar-refractivity contribution in [3.8, 4) is 0 Å². The number of carbonyl (C=O) groups excluding carboxylic acids is 2. The van der Waals surface area contributed by atoms with Crippen LogP contribution in [0.25, 0.3) is 0 Å². The molecule has 0 rings (SSSR count). The van der Waals surface area contributed by atoms with Crippen LogP contribution < -0.4 is 0 Å². The van der Waals surface area contributed by atoms with Crippen LogP contribution in [-0.4, -0.2) is 109 Å². The van der Waals surface area contributed by atoms with Crippen molar-refractivity contribution in [3.05, 3.63) is 0 Å². The Balaban J connectivity index is -0.000000149. The van der Waals surface area contributed by atoms with Crippen molar-refractivity contribution in [1.29, 1.82) is 0 Å². The summed E-state index contributed by atoms with van der Waals surface area (Å²) < 4.78 is 3.97. The van der Waals surface area contributed by atoms with Crippen molar-refractivity contribution in [2.45, 2.75) is 13.8 Å². The van der Waals surface area contributed by atoms with Crippen LogP contribution in [-0.2, 0) is 14.3 Å². The van der Waals surface area contributed by atoms with Crippen LogP contribution in [0.1, 0.15) is 13.8 Å². The third kappa shape index (κ3) is 22.4. The maximum absolute atomic E-state index is 9.81. The first-order chi connectivity index (χ1) is 4.13. The molecule has 0 saturated heterocycles. The number of ether oxygens (including phenoxy) is 1. The summed E-state index contributed by atoms with van der Waals surface area (Å²) in [5, 5.41) is 0. The molecule has 10 heavy (non-hydrogen) atoms. The Labute approximate surface area is 139 Å². The normalized spacial score (nSPS) is 6.10. The second kappa shape index (κ2) is 14.4. The molecule has 0 aromatic heterocycles. The van der Waals surface area contributed by atoms with Crippen LogP contribution in [0.4, 0.5) is 0 Å². The van der Waals surface area contributed by atoms with E-state index in [1.54, 1.807) is 0 Å². The van der Waals surface area contributed by atoms with E-state index in [0.29, 0.717) is 0 Å². The molecule has 3 nitrogen and oxygen atoms in total. The van der Waals surface area contributed by atoms with Gasteiger partial charge in [-0.2, -0.15) is 0 Å².